The zero-order valence-corrected chi connectivity index (χ0v) is 12.4. The molecule has 0 aliphatic rings. The molecule has 1 heterocycles. The molecule has 0 aliphatic heterocycles. The summed E-state index contributed by atoms with van der Waals surface area (Å²) in [7, 11) is 4.72. The number of hydrogen-bond acceptors (Lipinski definition) is 5. The molecule has 1 aromatic carbocycles. The van der Waals surface area contributed by atoms with Crippen molar-refractivity contribution in [1.29, 1.82) is 0 Å². The first-order valence-corrected chi connectivity index (χ1v) is 6.56. The van der Waals surface area contributed by atoms with E-state index >= 15 is 0 Å². The predicted octanol–water partition coefficient (Wildman–Crippen LogP) is 2.38. The van der Waals surface area contributed by atoms with Crippen molar-refractivity contribution in [3.8, 4) is 17.4 Å². The third-order valence-electron chi connectivity index (χ3n) is 3.23. The van der Waals surface area contributed by atoms with Crippen LogP contribution in [0.15, 0.2) is 36.5 Å². The first kappa shape index (κ1) is 15.1. The Bertz CT molecular complexity index is 583. The zero-order chi connectivity index (χ0) is 15.2. The maximum atomic E-state index is 10.3. The number of aromatic nitrogens is 1. The predicted molar refractivity (Wildman–Crippen MR) is 79.0 cm³/mol. The van der Waals surface area contributed by atoms with Crippen LogP contribution in [0, 0.1) is 0 Å². The lowest BCUT2D eigenvalue weighted by atomic mass is 10.0. The first-order valence-electron chi connectivity index (χ1n) is 6.56. The van der Waals surface area contributed by atoms with Crippen LogP contribution in [0.5, 0.6) is 17.4 Å². The van der Waals surface area contributed by atoms with E-state index in [4.69, 9.17) is 14.2 Å². The Morgan fingerprint density at radius 1 is 1.00 bits per heavy atom. The van der Waals surface area contributed by atoms with Crippen LogP contribution in [0.4, 0.5) is 0 Å². The van der Waals surface area contributed by atoms with E-state index in [0.717, 1.165) is 11.1 Å². The van der Waals surface area contributed by atoms with Crippen molar-refractivity contribution in [2.75, 3.05) is 21.3 Å². The Labute approximate surface area is 124 Å². The number of benzene rings is 1. The molecule has 1 aromatic heterocycles. The minimum Gasteiger partial charge on any atom is -0.493 e. The number of hydrogen-bond donors (Lipinski definition) is 1. The van der Waals surface area contributed by atoms with E-state index in [9.17, 15) is 5.11 Å². The second kappa shape index (κ2) is 6.95. The number of aliphatic hydroxyl groups excluding tert-OH is 1. The van der Waals surface area contributed by atoms with E-state index in [2.05, 4.69) is 4.98 Å². The van der Waals surface area contributed by atoms with Crippen LogP contribution in [0.25, 0.3) is 0 Å². The molecule has 5 nitrogen and oxygen atoms in total. The summed E-state index contributed by atoms with van der Waals surface area (Å²) in [5, 5.41) is 10.3. The standard InChI is InChI=1S/C16H19NO4/c1-19-14-6-5-12(9-15(14)20-2)13(18)8-11-4-7-16(21-3)17-10-11/h4-7,9-10,13,18H,8H2,1-3H3. The second-order valence-corrected chi connectivity index (χ2v) is 4.54. The lowest BCUT2D eigenvalue weighted by Crippen LogP contribution is -2.03. The Balaban J connectivity index is 2.13. The van der Waals surface area contributed by atoms with Gasteiger partial charge >= 0.3 is 0 Å². The van der Waals surface area contributed by atoms with Gasteiger partial charge in [0.05, 0.1) is 27.4 Å². The normalized spacial score (nSPS) is 11.8. The summed E-state index contributed by atoms with van der Waals surface area (Å²) in [6.07, 6.45) is 1.52. The minimum atomic E-state index is -0.639. The smallest absolute Gasteiger partial charge is 0.212 e. The van der Waals surface area contributed by atoms with Crippen molar-refractivity contribution in [1.82, 2.24) is 4.98 Å². The first-order chi connectivity index (χ1) is 10.2. The molecular weight excluding hydrogens is 270 g/mol. The van der Waals surface area contributed by atoms with Crippen LogP contribution in [0.3, 0.4) is 0 Å². The summed E-state index contributed by atoms with van der Waals surface area (Å²) < 4.78 is 15.4. The van der Waals surface area contributed by atoms with Crippen LogP contribution < -0.4 is 14.2 Å². The van der Waals surface area contributed by atoms with Crippen molar-refractivity contribution in [2.24, 2.45) is 0 Å². The molecule has 0 saturated carbocycles. The Morgan fingerprint density at radius 2 is 1.76 bits per heavy atom. The summed E-state index contributed by atoms with van der Waals surface area (Å²) in [5.74, 6) is 1.79. The number of aliphatic hydroxyl groups is 1. The largest absolute Gasteiger partial charge is 0.493 e. The summed E-state index contributed by atoms with van der Waals surface area (Å²) in [6, 6.07) is 9.04. The van der Waals surface area contributed by atoms with Gasteiger partial charge in [0.25, 0.3) is 0 Å². The van der Waals surface area contributed by atoms with Crippen molar-refractivity contribution < 1.29 is 19.3 Å². The summed E-state index contributed by atoms with van der Waals surface area (Å²) in [6.45, 7) is 0. The van der Waals surface area contributed by atoms with Crippen LogP contribution in [0.2, 0.25) is 0 Å². The maximum Gasteiger partial charge on any atom is 0.212 e. The van der Waals surface area contributed by atoms with Crippen LogP contribution in [0.1, 0.15) is 17.2 Å². The average Bonchev–Trinajstić information content (AvgIpc) is 2.54. The van der Waals surface area contributed by atoms with E-state index in [0.29, 0.717) is 23.8 Å². The summed E-state index contributed by atoms with van der Waals surface area (Å²) in [5.41, 5.74) is 1.70. The van der Waals surface area contributed by atoms with E-state index in [1.165, 1.54) is 0 Å². The molecule has 112 valence electrons. The third kappa shape index (κ3) is 3.64. The monoisotopic (exact) mass is 289 g/mol. The van der Waals surface area contributed by atoms with E-state index in [1.54, 1.807) is 45.7 Å². The molecule has 0 saturated heterocycles. The summed E-state index contributed by atoms with van der Waals surface area (Å²) in [4.78, 5) is 4.13. The second-order valence-electron chi connectivity index (χ2n) is 4.54. The van der Waals surface area contributed by atoms with Gasteiger partial charge in [0.2, 0.25) is 5.88 Å². The average molecular weight is 289 g/mol. The van der Waals surface area contributed by atoms with Gasteiger partial charge in [-0.15, -0.1) is 0 Å². The Morgan fingerprint density at radius 3 is 2.33 bits per heavy atom. The van der Waals surface area contributed by atoms with E-state index in [1.807, 2.05) is 12.1 Å². The topological polar surface area (TPSA) is 60.8 Å². The fourth-order valence-corrected chi connectivity index (χ4v) is 2.05. The van der Waals surface area contributed by atoms with Gasteiger partial charge < -0.3 is 19.3 Å². The highest BCUT2D eigenvalue weighted by molar-refractivity contribution is 5.43. The van der Waals surface area contributed by atoms with Crippen molar-refractivity contribution in [3.63, 3.8) is 0 Å². The molecule has 0 aliphatic carbocycles. The lowest BCUT2D eigenvalue weighted by molar-refractivity contribution is 0.177. The number of ether oxygens (including phenoxy) is 3. The SMILES string of the molecule is COc1ccc(CC(O)c2ccc(OC)c(OC)c2)cn1. The quantitative estimate of drug-likeness (QED) is 0.884. The van der Waals surface area contributed by atoms with Crippen molar-refractivity contribution >= 4 is 0 Å². The highest BCUT2D eigenvalue weighted by Gasteiger charge is 2.12. The molecule has 0 amide bonds. The van der Waals surface area contributed by atoms with Crippen molar-refractivity contribution in [3.05, 3.63) is 47.7 Å². The fraction of sp³-hybridized carbons (Fsp3) is 0.312. The molecule has 5 heteroatoms. The lowest BCUT2D eigenvalue weighted by Gasteiger charge is -2.14. The molecule has 2 aromatic rings. The van der Waals surface area contributed by atoms with Gasteiger partial charge in [-0.3, -0.25) is 0 Å². The van der Waals surface area contributed by atoms with Gasteiger partial charge in [0.15, 0.2) is 11.5 Å². The molecular formula is C16H19NO4. The molecule has 0 radical (unpaired) electrons. The molecule has 0 spiro atoms. The minimum absolute atomic E-state index is 0.465. The van der Waals surface area contributed by atoms with Gasteiger partial charge in [0.1, 0.15) is 0 Å². The van der Waals surface area contributed by atoms with Gasteiger partial charge in [-0.05, 0) is 23.3 Å². The van der Waals surface area contributed by atoms with E-state index in [-0.39, 0.29) is 0 Å². The third-order valence-corrected chi connectivity index (χ3v) is 3.23. The highest BCUT2D eigenvalue weighted by atomic mass is 16.5. The molecule has 0 fully saturated rings. The van der Waals surface area contributed by atoms with Gasteiger partial charge in [-0.1, -0.05) is 12.1 Å². The fourth-order valence-electron chi connectivity index (χ4n) is 2.05. The summed E-state index contributed by atoms with van der Waals surface area (Å²) >= 11 is 0. The van der Waals surface area contributed by atoms with Crippen LogP contribution >= 0.6 is 0 Å². The maximum absolute atomic E-state index is 10.3. The molecule has 2 rings (SSSR count). The van der Waals surface area contributed by atoms with Crippen molar-refractivity contribution in [2.45, 2.75) is 12.5 Å². The number of nitrogens with zero attached hydrogens (tertiary/aromatic N) is 1. The number of methoxy groups -OCH3 is 3. The Hall–Kier alpha value is -2.27. The molecule has 1 atom stereocenters. The highest BCUT2D eigenvalue weighted by Crippen LogP contribution is 2.31. The van der Waals surface area contributed by atoms with Gasteiger partial charge in [-0.2, -0.15) is 0 Å². The molecule has 1 N–H and O–H groups in total. The molecule has 0 bridgehead atoms. The number of pyridine rings is 1. The molecule has 21 heavy (non-hydrogen) atoms. The molecule has 1 unspecified atom stereocenters. The zero-order valence-electron chi connectivity index (χ0n) is 12.4. The van der Waals surface area contributed by atoms with Crippen LogP contribution in [-0.4, -0.2) is 31.4 Å². The Kier molecular flexibility index (Phi) is 5.00. The van der Waals surface area contributed by atoms with E-state index < -0.39 is 6.10 Å². The van der Waals surface area contributed by atoms with Gasteiger partial charge in [-0.25, -0.2) is 4.98 Å². The number of rotatable bonds is 6. The van der Waals surface area contributed by atoms with Crippen LogP contribution in [-0.2, 0) is 6.42 Å². The van der Waals surface area contributed by atoms with Gasteiger partial charge in [0, 0.05) is 18.7 Å².